The van der Waals surface area contributed by atoms with Crippen molar-refractivity contribution in [1.82, 2.24) is 9.55 Å². The predicted molar refractivity (Wildman–Crippen MR) is 78.2 cm³/mol. The molecule has 0 radical (unpaired) electrons. The van der Waals surface area contributed by atoms with Crippen LogP contribution in [-0.2, 0) is 11.8 Å². The first-order valence-electron chi connectivity index (χ1n) is 6.20. The lowest BCUT2D eigenvalue weighted by Crippen LogP contribution is -2.24. The van der Waals surface area contributed by atoms with Crippen LogP contribution in [0.15, 0.2) is 47.9 Å². The number of benzene rings is 1. The zero-order chi connectivity index (χ0) is 13.7. The van der Waals surface area contributed by atoms with Crippen molar-refractivity contribution in [3.05, 3.63) is 42.7 Å². The molecule has 1 atom stereocenters. The Morgan fingerprint density at radius 1 is 1.42 bits per heavy atom. The number of anilines is 1. The molecule has 1 aromatic carbocycles. The van der Waals surface area contributed by atoms with Crippen molar-refractivity contribution in [3.8, 4) is 0 Å². The molecule has 5 heteroatoms. The monoisotopic (exact) mass is 275 g/mol. The van der Waals surface area contributed by atoms with Crippen LogP contribution in [0.3, 0.4) is 0 Å². The highest BCUT2D eigenvalue weighted by atomic mass is 32.2. The number of carbonyl (C=O) groups is 1. The number of carbonyl (C=O) groups excluding carboxylic acids is 1. The molecule has 1 heterocycles. The molecule has 19 heavy (non-hydrogen) atoms. The minimum atomic E-state index is -0.138. The van der Waals surface area contributed by atoms with Crippen LogP contribution in [0.1, 0.15) is 13.3 Å². The molecule has 0 aliphatic carbocycles. The first-order chi connectivity index (χ1) is 9.20. The Bertz CT molecular complexity index is 539. The zero-order valence-corrected chi connectivity index (χ0v) is 11.9. The molecule has 2 aromatic rings. The van der Waals surface area contributed by atoms with Crippen molar-refractivity contribution >= 4 is 23.4 Å². The minimum Gasteiger partial charge on any atom is -0.329 e. The number of para-hydroxylation sites is 1. The average Bonchev–Trinajstić information content (AvgIpc) is 2.82. The van der Waals surface area contributed by atoms with Gasteiger partial charge in [0.2, 0.25) is 5.91 Å². The molecule has 1 N–H and O–H groups in total. The van der Waals surface area contributed by atoms with E-state index in [1.807, 2.05) is 55.1 Å². The van der Waals surface area contributed by atoms with Crippen LogP contribution in [-0.4, -0.2) is 20.7 Å². The minimum absolute atomic E-state index is 0.0155. The summed E-state index contributed by atoms with van der Waals surface area (Å²) in [5.74, 6) is 0.0155. The fourth-order valence-corrected chi connectivity index (χ4v) is 2.60. The molecular weight excluding hydrogens is 258 g/mol. The number of aromatic nitrogens is 2. The molecule has 0 saturated heterocycles. The van der Waals surface area contributed by atoms with Gasteiger partial charge in [-0.1, -0.05) is 36.9 Å². The van der Waals surface area contributed by atoms with Gasteiger partial charge >= 0.3 is 0 Å². The summed E-state index contributed by atoms with van der Waals surface area (Å²) in [6, 6.07) is 9.51. The molecule has 0 spiro atoms. The number of nitrogens with one attached hydrogen (secondary N) is 1. The molecule has 1 aromatic heterocycles. The zero-order valence-electron chi connectivity index (χ0n) is 11.0. The number of aryl methyl sites for hydroxylation is 1. The molecule has 0 aliphatic rings. The first-order valence-corrected chi connectivity index (χ1v) is 7.08. The van der Waals surface area contributed by atoms with Crippen LogP contribution < -0.4 is 5.32 Å². The summed E-state index contributed by atoms with van der Waals surface area (Å²) >= 11 is 1.49. The van der Waals surface area contributed by atoms with Crippen molar-refractivity contribution in [2.45, 2.75) is 23.8 Å². The van der Waals surface area contributed by atoms with E-state index in [0.29, 0.717) is 0 Å². The Morgan fingerprint density at radius 3 is 2.74 bits per heavy atom. The topological polar surface area (TPSA) is 46.9 Å². The Kier molecular flexibility index (Phi) is 4.63. The number of rotatable bonds is 5. The van der Waals surface area contributed by atoms with Crippen LogP contribution in [0.25, 0.3) is 0 Å². The highest BCUT2D eigenvalue weighted by Crippen LogP contribution is 2.24. The van der Waals surface area contributed by atoms with E-state index in [2.05, 4.69) is 10.3 Å². The third kappa shape index (κ3) is 3.61. The molecule has 0 saturated carbocycles. The third-order valence-electron chi connectivity index (χ3n) is 2.73. The van der Waals surface area contributed by atoms with Gasteiger partial charge in [0.1, 0.15) is 0 Å². The van der Waals surface area contributed by atoms with Gasteiger partial charge in [0.25, 0.3) is 0 Å². The largest absolute Gasteiger partial charge is 0.329 e. The number of thioether (sulfide) groups is 1. The third-order valence-corrected chi connectivity index (χ3v) is 4.17. The lowest BCUT2D eigenvalue weighted by atomic mass is 10.3. The molecule has 0 bridgehead atoms. The molecule has 1 amide bonds. The van der Waals surface area contributed by atoms with Crippen LogP contribution >= 0.6 is 11.8 Å². The van der Waals surface area contributed by atoms with Crippen LogP contribution in [0.2, 0.25) is 0 Å². The molecule has 100 valence electrons. The quantitative estimate of drug-likeness (QED) is 0.853. The number of amides is 1. The summed E-state index contributed by atoms with van der Waals surface area (Å²) in [5, 5.41) is 3.65. The number of hydrogen-bond acceptors (Lipinski definition) is 3. The number of imidazole rings is 1. The van der Waals surface area contributed by atoms with Crippen molar-refractivity contribution in [2.75, 3.05) is 5.32 Å². The molecule has 0 aliphatic heterocycles. The van der Waals surface area contributed by atoms with Gasteiger partial charge in [-0.25, -0.2) is 4.98 Å². The Hall–Kier alpha value is -1.75. The van der Waals surface area contributed by atoms with Gasteiger partial charge in [0.15, 0.2) is 5.16 Å². The van der Waals surface area contributed by atoms with Gasteiger partial charge in [-0.15, -0.1) is 0 Å². The highest BCUT2D eigenvalue weighted by molar-refractivity contribution is 8.00. The maximum atomic E-state index is 12.2. The van der Waals surface area contributed by atoms with E-state index in [4.69, 9.17) is 0 Å². The fraction of sp³-hybridized carbons (Fsp3) is 0.286. The number of nitrogens with zero attached hydrogens (tertiary/aromatic N) is 2. The van der Waals surface area contributed by atoms with Crippen molar-refractivity contribution in [3.63, 3.8) is 0 Å². The standard InChI is InChI=1S/C14H17N3OS/c1-3-12(19-14-15-9-10-17(14)2)13(18)16-11-7-5-4-6-8-11/h4-10,12H,3H2,1-2H3,(H,16,18). The van der Waals surface area contributed by atoms with E-state index >= 15 is 0 Å². The molecule has 2 rings (SSSR count). The second kappa shape index (κ2) is 6.43. The van der Waals surface area contributed by atoms with Crippen LogP contribution in [0.5, 0.6) is 0 Å². The molecule has 1 unspecified atom stereocenters. The smallest absolute Gasteiger partial charge is 0.237 e. The molecule has 4 nitrogen and oxygen atoms in total. The van der Waals surface area contributed by atoms with Crippen LogP contribution in [0, 0.1) is 0 Å². The van der Waals surface area contributed by atoms with Gasteiger partial charge < -0.3 is 9.88 Å². The average molecular weight is 275 g/mol. The van der Waals surface area contributed by atoms with Gasteiger partial charge in [-0.3, -0.25) is 4.79 Å². The van der Waals surface area contributed by atoms with Crippen LogP contribution in [0.4, 0.5) is 5.69 Å². The Morgan fingerprint density at radius 2 is 2.16 bits per heavy atom. The summed E-state index contributed by atoms with van der Waals surface area (Å²) in [7, 11) is 1.93. The van der Waals surface area contributed by atoms with Crippen molar-refractivity contribution < 1.29 is 4.79 Å². The Balaban J connectivity index is 2.01. The summed E-state index contributed by atoms with van der Waals surface area (Å²) in [4.78, 5) is 16.5. The lowest BCUT2D eigenvalue weighted by molar-refractivity contribution is -0.115. The van der Waals surface area contributed by atoms with Crippen molar-refractivity contribution in [1.29, 1.82) is 0 Å². The van der Waals surface area contributed by atoms with E-state index in [1.165, 1.54) is 11.8 Å². The molecular formula is C14H17N3OS. The highest BCUT2D eigenvalue weighted by Gasteiger charge is 2.19. The summed E-state index contributed by atoms with van der Waals surface area (Å²) in [5.41, 5.74) is 0.825. The second-order valence-corrected chi connectivity index (χ2v) is 5.36. The summed E-state index contributed by atoms with van der Waals surface area (Å²) in [6.45, 7) is 2.01. The Labute approximate surface area is 117 Å². The fourth-order valence-electron chi connectivity index (χ4n) is 1.66. The number of hydrogen-bond donors (Lipinski definition) is 1. The van der Waals surface area contributed by atoms with Crippen molar-refractivity contribution in [2.24, 2.45) is 7.05 Å². The van der Waals surface area contributed by atoms with E-state index < -0.39 is 0 Å². The van der Waals surface area contributed by atoms with Gasteiger partial charge in [0.05, 0.1) is 5.25 Å². The van der Waals surface area contributed by atoms with Gasteiger partial charge in [0, 0.05) is 25.1 Å². The summed E-state index contributed by atoms with van der Waals surface area (Å²) in [6.07, 6.45) is 4.38. The second-order valence-electron chi connectivity index (χ2n) is 4.19. The van der Waals surface area contributed by atoms with Gasteiger partial charge in [-0.05, 0) is 18.6 Å². The maximum Gasteiger partial charge on any atom is 0.237 e. The maximum absolute atomic E-state index is 12.2. The SMILES string of the molecule is CCC(Sc1nccn1C)C(=O)Nc1ccccc1. The van der Waals surface area contributed by atoms with E-state index in [-0.39, 0.29) is 11.2 Å². The molecule has 0 fully saturated rings. The first kappa shape index (κ1) is 13.7. The predicted octanol–water partition coefficient (Wildman–Crippen LogP) is 2.93. The van der Waals surface area contributed by atoms with E-state index in [9.17, 15) is 4.79 Å². The van der Waals surface area contributed by atoms with E-state index in [0.717, 1.165) is 17.3 Å². The lowest BCUT2D eigenvalue weighted by Gasteiger charge is -2.14. The summed E-state index contributed by atoms with van der Waals surface area (Å²) < 4.78 is 1.92. The normalized spacial score (nSPS) is 12.1. The van der Waals surface area contributed by atoms with Gasteiger partial charge in [-0.2, -0.15) is 0 Å². The van der Waals surface area contributed by atoms with E-state index in [1.54, 1.807) is 6.20 Å².